The maximum absolute atomic E-state index is 12.5. The van der Waals surface area contributed by atoms with E-state index in [9.17, 15) is 4.57 Å². The first-order valence-corrected chi connectivity index (χ1v) is 7.02. The van der Waals surface area contributed by atoms with Crippen molar-refractivity contribution < 1.29 is 9.30 Å². The zero-order valence-corrected chi connectivity index (χ0v) is 9.96. The lowest BCUT2D eigenvalue weighted by Crippen LogP contribution is -2.03. The van der Waals surface area contributed by atoms with Gasteiger partial charge in [0.1, 0.15) is 12.9 Å². The van der Waals surface area contributed by atoms with Crippen LogP contribution in [0, 0.1) is 0 Å². The second kappa shape index (κ2) is 3.86. The maximum Gasteiger partial charge on any atom is 0.136 e. The first-order chi connectivity index (χ1) is 7.14. The summed E-state index contributed by atoms with van der Waals surface area (Å²) in [5.41, 5.74) is 1.24. The number of ether oxygens (including phenoxy) is 1. The quantitative estimate of drug-likeness (QED) is 0.719. The van der Waals surface area contributed by atoms with E-state index in [1.54, 1.807) is 7.11 Å². The van der Waals surface area contributed by atoms with Gasteiger partial charge in [-0.1, -0.05) is 5.57 Å². The summed E-state index contributed by atoms with van der Waals surface area (Å²) in [6.45, 7) is 2.04. The van der Waals surface area contributed by atoms with Gasteiger partial charge in [0, 0.05) is 11.5 Å². The molecule has 0 saturated heterocycles. The molecule has 0 aliphatic carbocycles. The second-order valence-electron chi connectivity index (χ2n) is 3.94. The lowest BCUT2D eigenvalue weighted by atomic mass is 10.3. The highest BCUT2D eigenvalue weighted by Gasteiger charge is 2.26. The molecule has 1 aromatic carbocycles. The topological polar surface area (TPSA) is 26.3 Å². The second-order valence-corrected chi connectivity index (χ2v) is 6.76. The van der Waals surface area contributed by atoms with Crippen LogP contribution in [0.4, 0.5) is 0 Å². The third-order valence-electron chi connectivity index (χ3n) is 2.78. The highest BCUT2D eigenvalue weighted by atomic mass is 31.2. The Morgan fingerprint density at radius 1 is 1.27 bits per heavy atom. The van der Waals surface area contributed by atoms with E-state index in [4.69, 9.17) is 4.74 Å². The van der Waals surface area contributed by atoms with Crippen LogP contribution in [0.5, 0.6) is 5.75 Å². The smallest absolute Gasteiger partial charge is 0.136 e. The van der Waals surface area contributed by atoms with E-state index < -0.39 is 7.14 Å². The van der Waals surface area contributed by atoms with Crippen molar-refractivity contribution in [3.05, 3.63) is 35.7 Å². The number of hydrogen-bond donors (Lipinski definition) is 0. The molecule has 0 radical (unpaired) electrons. The van der Waals surface area contributed by atoms with Gasteiger partial charge in [-0.25, -0.2) is 0 Å². The average Bonchev–Trinajstić information content (AvgIpc) is 2.60. The van der Waals surface area contributed by atoms with Gasteiger partial charge in [-0.05, 0) is 43.4 Å². The molecule has 1 unspecified atom stereocenters. The van der Waals surface area contributed by atoms with Crippen molar-refractivity contribution in [2.45, 2.75) is 13.3 Å². The molecule has 2 nitrogen and oxygen atoms in total. The predicted octanol–water partition coefficient (Wildman–Crippen LogP) is 2.99. The molecular weight excluding hydrogens is 207 g/mol. The summed E-state index contributed by atoms with van der Waals surface area (Å²) >= 11 is 0. The fraction of sp³-hybridized carbons (Fsp3) is 0.333. The fourth-order valence-corrected chi connectivity index (χ4v) is 4.58. The van der Waals surface area contributed by atoms with Crippen LogP contribution < -0.4 is 10.0 Å². The standard InChI is InChI=1S/C12H15O2P/c1-10-7-8-15(13,9-10)12-5-3-11(14-2)4-6-12/h3-6,9H,7-8H2,1-2H3. The normalized spacial score (nSPS) is 25.1. The monoisotopic (exact) mass is 222 g/mol. The van der Waals surface area contributed by atoms with E-state index in [1.165, 1.54) is 5.57 Å². The summed E-state index contributed by atoms with van der Waals surface area (Å²) in [5, 5.41) is 0.945. The molecule has 2 rings (SSSR count). The largest absolute Gasteiger partial charge is 0.497 e. The van der Waals surface area contributed by atoms with Gasteiger partial charge in [-0.3, -0.25) is 0 Å². The molecule has 0 bridgehead atoms. The number of allylic oxidation sites excluding steroid dienone is 1. The average molecular weight is 222 g/mol. The Hall–Kier alpha value is -1.01. The molecule has 1 aliphatic rings. The SMILES string of the molecule is COc1ccc(P2(=O)C=C(C)CC2)cc1. The molecule has 0 N–H and O–H groups in total. The van der Waals surface area contributed by atoms with Gasteiger partial charge in [-0.15, -0.1) is 0 Å². The highest BCUT2D eigenvalue weighted by molar-refractivity contribution is 7.74. The van der Waals surface area contributed by atoms with Crippen molar-refractivity contribution in [2.24, 2.45) is 0 Å². The Balaban J connectivity index is 2.34. The van der Waals surface area contributed by atoms with Gasteiger partial charge in [0.15, 0.2) is 0 Å². The Labute approximate surface area is 90.3 Å². The van der Waals surface area contributed by atoms with Gasteiger partial charge >= 0.3 is 0 Å². The molecular formula is C12H15O2P. The zero-order valence-electron chi connectivity index (χ0n) is 9.06. The Morgan fingerprint density at radius 3 is 2.40 bits per heavy atom. The van der Waals surface area contributed by atoms with E-state index in [0.29, 0.717) is 0 Å². The van der Waals surface area contributed by atoms with Crippen LogP contribution in [-0.2, 0) is 4.57 Å². The van der Waals surface area contributed by atoms with Crippen LogP contribution in [0.25, 0.3) is 0 Å². The van der Waals surface area contributed by atoms with Gasteiger partial charge in [0.2, 0.25) is 0 Å². The molecule has 15 heavy (non-hydrogen) atoms. The lowest BCUT2D eigenvalue weighted by molar-refractivity contribution is 0.415. The third-order valence-corrected chi connectivity index (χ3v) is 5.69. The highest BCUT2D eigenvalue weighted by Crippen LogP contribution is 2.52. The summed E-state index contributed by atoms with van der Waals surface area (Å²) < 4.78 is 17.6. The van der Waals surface area contributed by atoms with Gasteiger partial charge in [-0.2, -0.15) is 0 Å². The minimum absolute atomic E-state index is 0.783. The molecule has 0 aromatic heterocycles. The predicted molar refractivity (Wildman–Crippen MR) is 63.5 cm³/mol. The number of rotatable bonds is 2. The number of benzene rings is 1. The third kappa shape index (κ3) is 2.00. The molecule has 0 spiro atoms. The van der Waals surface area contributed by atoms with Crippen LogP contribution in [0.3, 0.4) is 0 Å². The van der Waals surface area contributed by atoms with Gasteiger partial charge in [0.25, 0.3) is 0 Å². The van der Waals surface area contributed by atoms with E-state index in [2.05, 4.69) is 0 Å². The van der Waals surface area contributed by atoms with E-state index in [1.807, 2.05) is 37.0 Å². The molecule has 3 heteroatoms. The fourth-order valence-electron chi connectivity index (χ4n) is 1.87. The van der Waals surface area contributed by atoms with E-state index in [-0.39, 0.29) is 0 Å². The van der Waals surface area contributed by atoms with Gasteiger partial charge < -0.3 is 9.30 Å². The van der Waals surface area contributed by atoms with Crippen molar-refractivity contribution in [3.63, 3.8) is 0 Å². The Kier molecular flexibility index (Phi) is 2.70. The van der Waals surface area contributed by atoms with Crippen molar-refractivity contribution >= 4 is 12.4 Å². The van der Waals surface area contributed by atoms with Crippen LogP contribution >= 0.6 is 7.14 Å². The van der Waals surface area contributed by atoms with Crippen LogP contribution in [-0.4, -0.2) is 13.3 Å². The summed E-state index contributed by atoms with van der Waals surface area (Å²) in [4.78, 5) is 0. The first kappa shape index (κ1) is 10.5. The molecule has 1 heterocycles. The van der Waals surface area contributed by atoms with E-state index >= 15 is 0 Å². The Bertz CT molecular complexity index is 431. The molecule has 0 fully saturated rings. The molecule has 1 aliphatic heterocycles. The first-order valence-electron chi connectivity index (χ1n) is 5.06. The molecule has 0 saturated carbocycles. The minimum atomic E-state index is -2.23. The minimum Gasteiger partial charge on any atom is -0.497 e. The lowest BCUT2D eigenvalue weighted by Gasteiger charge is -2.09. The van der Waals surface area contributed by atoms with Crippen molar-refractivity contribution in [1.29, 1.82) is 0 Å². The Morgan fingerprint density at radius 2 is 1.93 bits per heavy atom. The summed E-state index contributed by atoms with van der Waals surface area (Å²) in [6, 6.07) is 7.57. The molecule has 80 valence electrons. The van der Waals surface area contributed by atoms with Crippen LogP contribution in [0.15, 0.2) is 35.7 Å². The van der Waals surface area contributed by atoms with Gasteiger partial charge in [0.05, 0.1) is 7.11 Å². The zero-order chi connectivity index (χ0) is 10.9. The maximum atomic E-state index is 12.5. The van der Waals surface area contributed by atoms with Crippen molar-refractivity contribution in [2.75, 3.05) is 13.3 Å². The summed E-state index contributed by atoms with van der Waals surface area (Å²) in [7, 11) is -0.591. The molecule has 0 amide bonds. The number of methoxy groups -OCH3 is 1. The van der Waals surface area contributed by atoms with Crippen molar-refractivity contribution in [1.82, 2.24) is 0 Å². The number of hydrogen-bond acceptors (Lipinski definition) is 2. The summed E-state index contributed by atoms with van der Waals surface area (Å²) in [5.74, 6) is 2.76. The van der Waals surface area contributed by atoms with Crippen molar-refractivity contribution in [3.8, 4) is 5.75 Å². The molecule has 1 aromatic rings. The van der Waals surface area contributed by atoms with Crippen LogP contribution in [0.1, 0.15) is 13.3 Å². The van der Waals surface area contributed by atoms with E-state index in [0.717, 1.165) is 23.6 Å². The molecule has 1 atom stereocenters. The van der Waals surface area contributed by atoms with Crippen LogP contribution in [0.2, 0.25) is 0 Å². The summed E-state index contributed by atoms with van der Waals surface area (Å²) in [6.07, 6.45) is 1.74.